The number of aliphatic imine (C=N–C) groups is 1. The van der Waals surface area contributed by atoms with Gasteiger partial charge >= 0.3 is 0 Å². The molecule has 0 radical (unpaired) electrons. The Morgan fingerprint density at radius 3 is 2.60 bits per heavy atom. The number of anilines is 1. The second-order valence-electron chi connectivity index (χ2n) is 5.69. The lowest BCUT2D eigenvalue weighted by molar-refractivity contribution is 0.483. The van der Waals surface area contributed by atoms with Crippen LogP contribution in [0.25, 0.3) is 0 Å². The first kappa shape index (κ1) is 17.1. The molecule has 25 heavy (non-hydrogen) atoms. The van der Waals surface area contributed by atoms with Crippen molar-refractivity contribution in [2.45, 2.75) is 17.7 Å². The van der Waals surface area contributed by atoms with E-state index in [0.29, 0.717) is 0 Å². The Bertz CT molecular complexity index is 961. The lowest BCUT2D eigenvalue weighted by atomic mass is 10.0. The molecule has 1 heterocycles. The number of fused-ring (bicyclic) bond motifs is 1. The summed E-state index contributed by atoms with van der Waals surface area (Å²) in [6.45, 7) is 1.98. The van der Waals surface area contributed by atoms with E-state index in [1.807, 2.05) is 55.5 Å². The summed E-state index contributed by atoms with van der Waals surface area (Å²) in [5.74, 6) is 0.00686. The van der Waals surface area contributed by atoms with E-state index < -0.39 is 10.1 Å². The predicted octanol–water partition coefficient (Wildman–Crippen LogP) is 4.30. The van der Waals surface area contributed by atoms with Crippen LogP contribution in [0.1, 0.15) is 18.4 Å². The van der Waals surface area contributed by atoms with Crippen LogP contribution < -0.4 is 5.32 Å². The quantitative estimate of drug-likeness (QED) is 0.633. The maximum atomic E-state index is 11.3. The van der Waals surface area contributed by atoms with Gasteiger partial charge in [0.15, 0.2) is 0 Å². The van der Waals surface area contributed by atoms with Crippen molar-refractivity contribution in [2.24, 2.45) is 4.99 Å². The average molecular weight is 354 g/mol. The summed E-state index contributed by atoms with van der Waals surface area (Å²) in [5.41, 5.74) is 3.52. The van der Waals surface area contributed by atoms with Crippen LogP contribution in [0.4, 0.5) is 11.4 Å². The molecular formula is C19H18N2O3S. The maximum absolute atomic E-state index is 11.3. The Morgan fingerprint density at radius 1 is 1.12 bits per heavy atom. The molecule has 6 heteroatoms. The van der Waals surface area contributed by atoms with E-state index in [9.17, 15) is 13.0 Å². The molecule has 0 bridgehead atoms. The van der Waals surface area contributed by atoms with Crippen LogP contribution in [-0.4, -0.2) is 19.2 Å². The van der Waals surface area contributed by atoms with Crippen LogP contribution in [-0.2, 0) is 10.1 Å². The van der Waals surface area contributed by atoms with Gasteiger partial charge in [0.1, 0.15) is 0 Å². The summed E-state index contributed by atoms with van der Waals surface area (Å²) in [6, 6.07) is 14.2. The number of nitrogens with zero attached hydrogens (tertiary/aromatic N) is 1. The molecule has 0 spiro atoms. The third-order valence-electron chi connectivity index (χ3n) is 3.99. The van der Waals surface area contributed by atoms with Crippen molar-refractivity contribution in [3.8, 4) is 0 Å². The highest BCUT2D eigenvalue weighted by atomic mass is 32.2. The predicted molar refractivity (Wildman–Crippen MR) is 100 cm³/mol. The van der Waals surface area contributed by atoms with Crippen molar-refractivity contribution < 1.29 is 13.0 Å². The third-order valence-corrected chi connectivity index (χ3v) is 4.84. The fourth-order valence-electron chi connectivity index (χ4n) is 2.64. The molecular weight excluding hydrogens is 336 g/mol. The van der Waals surface area contributed by atoms with E-state index in [-0.39, 0.29) is 10.8 Å². The van der Waals surface area contributed by atoms with Gasteiger partial charge in [0.05, 0.1) is 10.6 Å². The van der Waals surface area contributed by atoms with E-state index in [0.717, 1.165) is 22.6 Å². The first-order chi connectivity index (χ1) is 11.9. The minimum absolute atomic E-state index is 0.00686. The molecule has 1 atom stereocenters. The summed E-state index contributed by atoms with van der Waals surface area (Å²) in [5, 5.41) is 3.26. The molecule has 2 aromatic rings. The smallest absolute Gasteiger partial charge is 0.294 e. The highest BCUT2D eigenvalue weighted by Crippen LogP contribution is 2.39. The second-order valence-corrected chi connectivity index (χ2v) is 7.11. The number of benzene rings is 2. The van der Waals surface area contributed by atoms with Crippen LogP contribution in [0.15, 0.2) is 82.3 Å². The number of para-hydroxylation sites is 1. The van der Waals surface area contributed by atoms with Gasteiger partial charge in [0.25, 0.3) is 10.1 Å². The highest BCUT2D eigenvalue weighted by molar-refractivity contribution is 7.85. The summed E-state index contributed by atoms with van der Waals surface area (Å²) in [7, 11) is -4.19. The van der Waals surface area contributed by atoms with E-state index in [1.165, 1.54) is 12.1 Å². The van der Waals surface area contributed by atoms with Crippen LogP contribution in [0, 0.1) is 0 Å². The molecule has 0 amide bonds. The van der Waals surface area contributed by atoms with Gasteiger partial charge in [-0.25, -0.2) is 0 Å². The first-order valence-electron chi connectivity index (χ1n) is 7.79. The highest BCUT2D eigenvalue weighted by Gasteiger charge is 2.24. The number of hydrogen-bond acceptors (Lipinski definition) is 4. The standard InChI is InChI=1S/C19H18N2O3S/c1-14-17-13-16(25(22,23)24)10-11-19(17)21-18(14)9-5-6-12-20-15-7-3-2-4-8-15/h2-14,21H,1H3,(H,22,23,24). The minimum atomic E-state index is -4.19. The Morgan fingerprint density at radius 2 is 1.88 bits per heavy atom. The Balaban J connectivity index is 1.73. The van der Waals surface area contributed by atoms with E-state index in [4.69, 9.17) is 0 Å². The van der Waals surface area contributed by atoms with Crippen LogP contribution in [0.5, 0.6) is 0 Å². The van der Waals surface area contributed by atoms with Crippen molar-refractivity contribution in [3.63, 3.8) is 0 Å². The molecule has 2 N–H and O–H groups in total. The lowest BCUT2D eigenvalue weighted by Gasteiger charge is -2.05. The summed E-state index contributed by atoms with van der Waals surface area (Å²) in [6.07, 6.45) is 7.35. The molecule has 0 saturated heterocycles. The zero-order valence-corrected chi connectivity index (χ0v) is 14.4. The Kier molecular flexibility index (Phi) is 4.83. The normalized spacial score (nSPS) is 18.8. The van der Waals surface area contributed by atoms with E-state index in [2.05, 4.69) is 10.3 Å². The first-order valence-corrected chi connectivity index (χ1v) is 9.23. The van der Waals surface area contributed by atoms with Crippen molar-refractivity contribution in [3.05, 3.63) is 78.0 Å². The molecule has 0 aliphatic carbocycles. The zero-order chi connectivity index (χ0) is 17.9. The molecule has 128 valence electrons. The van der Waals surface area contributed by atoms with E-state index >= 15 is 0 Å². The van der Waals surface area contributed by atoms with Crippen molar-refractivity contribution in [2.75, 3.05) is 5.32 Å². The molecule has 1 aliphatic rings. The van der Waals surface area contributed by atoms with Gasteiger partial charge in [-0.1, -0.05) is 31.2 Å². The molecule has 0 fully saturated rings. The topological polar surface area (TPSA) is 78.8 Å². The third kappa shape index (κ3) is 4.04. The van der Waals surface area contributed by atoms with Gasteiger partial charge in [-0.15, -0.1) is 0 Å². The Hall–Kier alpha value is -2.70. The number of nitrogens with one attached hydrogen (secondary N) is 1. The lowest BCUT2D eigenvalue weighted by Crippen LogP contribution is -1.99. The fraction of sp³-hybridized carbons (Fsp3) is 0.105. The number of allylic oxidation sites excluding steroid dienone is 4. The van der Waals surface area contributed by atoms with Crippen molar-refractivity contribution >= 4 is 27.7 Å². The summed E-state index contributed by atoms with van der Waals surface area (Å²) in [4.78, 5) is 4.22. The largest absolute Gasteiger partial charge is 0.358 e. The van der Waals surface area contributed by atoms with Crippen LogP contribution >= 0.6 is 0 Å². The van der Waals surface area contributed by atoms with Gasteiger partial charge in [-0.2, -0.15) is 8.42 Å². The van der Waals surface area contributed by atoms with Gasteiger partial charge in [0, 0.05) is 23.5 Å². The Labute approximate surface area is 147 Å². The molecule has 5 nitrogen and oxygen atoms in total. The SMILES string of the molecule is CC1C(=CC=CC=Nc2ccccc2)Nc2ccc(S(=O)(=O)O)cc21. The zero-order valence-electron chi connectivity index (χ0n) is 13.6. The van der Waals surface area contributed by atoms with Gasteiger partial charge in [-0.3, -0.25) is 9.55 Å². The molecule has 1 aliphatic heterocycles. The van der Waals surface area contributed by atoms with Crippen molar-refractivity contribution in [1.29, 1.82) is 0 Å². The van der Waals surface area contributed by atoms with Gasteiger partial charge in [-0.05, 0) is 48.0 Å². The van der Waals surface area contributed by atoms with Crippen molar-refractivity contribution in [1.82, 2.24) is 0 Å². The van der Waals surface area contributed by atoms with Crippen LogP contribution in [0.3, 0.4) is 0 Å². The number of hydrogen-bond donors (Lipinski definition) is 2. The molecule has 2 aromatic carbocycles. The second kappa shape index (κ2) is 7.04. The van der Waals surface area contributed by atoms with E-state index in [1.54, 1.807) is 12.3 Å². The number of rotatable bonds is 4. The molecule has 3 rings (SSSR count). The minimum Gasteiger partial charge on any atom is -0.358 e. The fourth-order valence-corrected chi connectivity index (χ4v) is 3.16. The van der Waals surface area contributed by atoms with Gasteiger partial charge in [0.2, 0.25) is 0 Å². The average Bonchev–Trinajstić information content (AvgIpc) is 2.90. The maximum Gasteiger partial charge on any atom is 0.294 e. The van der Waals surface area contributed by atoms with Gasteiger partial charge < -0.3 is 5.32 Å². The monoisotopic (exact) mass is 354 g/mol. The molecule has 0 saturated carbocycles. The van der Waals surface area contributed by atoms with Crippen LogP contribution in [0.2, 0.25) is 0 Å². The summed E-state index contributed by atoms with van der Waals surface area (Å²) >= 11 is 0. The summed E-state index contributed by atoms with van der Waals surface area (Å²) < 4.78 is 31.7. The molecule has 1 unspecified atom stereocenters. The molecule has 0 aromatic heterocycles.